The molecule has 0 bridgehead atoms. The Bertz CT molecular complexity index is 347. The summed E-state index contributed by atoms with van der Waals surface area (Å²) in [5.74, 6) is 7.34. The number of hydrogen-bond donors (Lipinski definition) is 1. The minimum atomic E-state index is 0.175. The van der Waals surface area contributed by atoms with Gasteiger partial charge >= 0.3 is 0 Å². The van der Waals surface area contributed by atoms with Gasteiger partial charge in [0.05, 0.1) is 17.4 Å². The standard InChI is InChI=1S/C12H14OS/c1-10(2)13-12-8-4-3-6-11(12)7-5-9-14/h3-4,6,8,10,14H,9H2,1-2H3. The van der Waals surface area contributed by atoms with Crippen LogP contribution in [0.25, 0.3) is 0 Å². The summed E-state index contributed by atoms with van der Waals surface area (Å²) < 4.78 is 5.61. The van der Waals surface area contributed by atoms with E-state index in [0.29, 0.717) is 5.75 Å². The molecule has 1 rings (SSSR count). The summed E-state index contributed by atoms with van der Waals surface area (Å²) in [6, 6.07) is 7.79. The van der Waals surface area contributed by atoms with Gasteiger partial charge in [-0.1, -0.05) is 24.0 Å². The number of hydrogen-bond acceptors (Lipinski definition) is 2. The molecule has 0 aromatic heterocycles. The highest BCUT2D eigenvalue weighted by Gasteiger charge is 2.01. The van der Waals surface area contributed by atoms with Crippen LogP contribution in [0.5, 0.6) is 5.75 Å². The minimum absolute atomic E-state index is 0.175. The Kier molecular flexibility index (Phi) is 4.42. The van der Waals surface area contributed by atoms with Gasteiger partial charge in [-0.3, -0.25) is 0 Å². The zero-order chi connectivity index (χ0) is 10.4. The van der Waals surface area contributed by atoms with Crippen molar-refractivity contribution in [3.8, 4) is 17.6 Å². The lowest BCUT2D eigenvalue weighted by atomic mass is 10.2. The molecule has 74 valence electrons. The third-order valence-electron chi connectivity index (χ3n) is 1.55. The van der Waals surface area contributed by atoms with Crippen LogP contribution in [0.1, 0.15) is 19.4 Å². The van der Waals surface area contributed by atoms with E-state index in [0.717, 1.165) is 11.3 Å². The Morgan fingerprint density at radius 3 is 2.71 bits per heavy atom. The molecule has 0 radical (unpaired) electrons. The van der Waals surface area contributed by atoms with Crippen molar-refractivity contribution < 1.29 is 4.74 Å². The van der Waals surface area contributed by atoms with Crippen molar-refractivity contribution in [3.63, 3.8) is 0 Å². The lowest BCUT2D eigenvalue weighted by Crippen LogP contribution is -2.06. The normalized spacial score (nSPS) is 9.43. The van der Waals surface area contributed by atoms with Crippen LogP contribution in [-0.2, 0) is 0 Å². The lowest BCUT2D eigenvalue weighted by molar-refractivity contribution is 0.242. The number of rotatable bonds is 2. The van der Waals surface area contributed by atoms with Crippen LogP contribution >= 0.6 is 12.6 Å². The molecular formula is C12H14OS. The van der Waals surface area contributed by atoms with Crippen LogP contribution in [0.15, 0.2) is 24.3 Å². The molecule has 0 atom stereocenters. The highest BCUT2D eigenvalue weighted by Crippen LogP contribution is 2.17. The Hall–Kier alpha value is -1.07. The van der Waals surface area contributed by atoms with Crippen molar-refractivity contribution >= 4 is 12.6 Å². The van der Waals surface area contributed by atoms with Gasteiger partial charge in [0.25, 0.3) is 0 Å². The lowest BCUT2D eigenvalue weighted by Gasteiger charge is -2.10. The van der Waals surface area contributed by atoms with E-state index in [1.807, 2.05) is 38.1 Å². The van der Waals surface area contributed by atoms with Gasteiger partial charge in [0.1, 0.15) is 5.75 Å². The van der Waals surface area contributed by atoms with E-state index >= 15 is 0 Å². The van der Waals surface area contributed by atoms with Crippen molar-refractivity contribution in [2.75, 3.05) is 5.75 Å². The fraction of sp³-hybridized carbons (Fsp3) is 0.333. The first kappa shape index (κ1) is 11.0. The highest BCUT2D eigenvalue weighted by molar-refractivity contribution is 7.80. The molecular weight excluding hydrogens is 192 g/mol. The zero-order valence-corrected chi connectivity index (χ0v) is 9.34. The molecule has 0 aliphatic rings. The van der Waals surface area contributed by atoms with Crippen LogP contribution in [0.4, 0.5) is 0 Å². The summed E-state index contributed by atoms with van der Waals surface area (Å²) in [6.45, 7) is 4.01. The second kappa shape index (κ2) is 5.62. The SMILES string of the molecule is CC(C)Oc1ccccc1C#CCS. The molecule has 0 heterocycles. The van der Waals surface area contributed by atoms with Gasteiger partial charge < -0.3 is 4.74 Å². The molecule has 0 aliphatic heterocycles. The van der Waals surface area contributed by atoms with Crippen molar-refractivity contribution in [1.82, 2.24) is 0 Å². The second-order valence-electron chi connectivity index (χ2n) is 3.12. The van der Waals surface area contributed by atoms with Crippen molar-refractivity contribution in [3.05, 3.63) is 29.8 Å². The van der Waals surface area contributed by atoms with E-state index in [1.54, 1.807) is 0 Å². The number of ether oxygens (including phenoxy) is 1. The van der Waals surface area contributed by atoms with Gasteiger partial charge in [0.2, 0.25) is 0 Å². The summed E-state index contributed by atoms with van der Waals surface area (Å²) in [4.78, 5) is 0. The zero-order valence-electron chi connectivity index (χ0n) is 8.45. The molecule has 1 aromatic carbocycles. The van der Waals surface area contributed by atoms with Gasteiger partial charge in [0, 0.05) is 0 Å². The molecule has 1 nitrogen and oxygen atoms in total. The molecule has 2 heteroatoms. The molecule has 0 aliphatic carbocycles. The summed E-state index contributed by atoms with van der Waals surface area (Å²) in [5, 5.41) is 0. The predicted molar refractivity (Wildman–Crippen MR) is 62.9 cm³/mol. The molecule has 0 N–H and O–H groups in total. The third-order valence-corrected chi connectivity index (χ3v) is 1.71. The maximum absolute atomic E-state index is 5.61. The fourth-order valence-electron chi connectivity index (χ4n) is 1.06. The second-order valence-corrected chi connectivity index (χ2v) is 3.44. The average Bonchev–Trinajstić information content (AvgIpc) is 2.16. The number of thiol groups is 1. The van der Waals surface area contributed by atoms with Crippen LogP contribution < -0.4 is 4.74 Å². The summed E-state index contributed by atoms with van der Waals surface area (Å²) >= 11 is 4.04. The maximum atomic E-state index is 5.61. The van der Waals surface area contributed by atoms with Crippen LogP contribution in [-0.4, -0.2) is 11.9 Å². The third kappa shape index (κ3) is 3.35. The molecule has 1 aromatic rings. The van der Waals surface area contributed by atoms with Crippen molar-refractivity contribution in [1.29, 1.82) is 0 Å². The summed E-state index contributed by atoms with van der Waals surface area (Å²) in [6.07, 6.45) is 0.175. The first-order chi connectivity index (χ1) is 6.74. The van der Waals surface area contributed by atoms with Crippen molar-refractivity contribution in [2.24, 2.45) is 0 Å². The van der Waals surface area contributed by atoms with E-state index in [2.05, 4.69) is 24.5 Å². The summed E-state index contributed by atoms with van der Waals surface area (Å²) in [5.41, 5.74) is 0.926. The fourth-order valence-corrected chi connectivity index (χ4v) is 1.14. The molecule has 0 spiro atoms. The Morgan fingerprint density at radius 1 is 1.36 bits per heavy atom. The maximum Gasteiger partial charge on any atom is 0.135 e. The molecule has 0 fully saturated rings. The largest absolute Gasteiger partial charge is 0.490 e. The van der Waals surface area contributed by atoms with E-state index in [-0.39, 0.29) is 6.10 Å². The molecule has 0 saturated carbocycles. The van der Waals surface area contributed by atoms with Gasteiger partial charge in [0.15, 0.2) is 0 Å². The van der Waals surface area contributed by atoms with Crippen LogP contribution in [0.2, 0.25) is 0 Å². The highest BCUT2D eigenvalue weighted by atomic mass is 32.1. The monoisotopic (exact) mass is 206 g/mol. The van der Waals surface area contributed by atoms with E-state index in [1.165, 1.54) is 0 Å². The Morgan fingerprint density at radius 2 is 2.07 bits per heavy atom. The molecule has 0 unspecified atom stereocenters. The molecule has 14 heavy (non-hydrogen) atoms. The average molecular weight is 206 g/mol. The Balaban J connectivity index is 2.91. The minimum Gasteiger partial charge on any atom is -0.490 e. The van der Waals surface area contributed by atoms with E-state index in [4.69, 9.17) is 4.74 Å². The molecule has 0 saturated heterocycles. The van der Waals surface area contributed by atoms with E-state index in [9.17, 15) is 0 Å². The molecule has 0 amide bonds. The van der Waals surface area contributed by atoms with Gasteiger partial charge in [-0.25, -0.2) is 0 Å². The smallest absolute Gasteiger partial charge is 0.135 e. The van der Waals surface area contributed by atoms with E-state index < -0.39 is 0 Å². The first-order valence-corrected chi connectivity index (χ1v) is 5.22. The Labute approximate surface area is 90.9 Å². The summed E-state index contributed by atoms with van der Waals surface area (Å²) in [7, 11) is 0. The first-order valence-electron chi connectivity index (χ1n) is 4.59. The predicted octanol–water partition coefficient (Wildman–Crippen LogP) is 2.76. The van der Waals surface area contributed by atoms with Crippen LogP contribution in [0.3, 0.4) is 0 Å². The quantitative estimate of drug-likeness (QED) is 0.578. The topological polar surface area (TPSA) is 9.23 Å². The van der Waals surface area contributed by atoms with Crippen LogP contribution in [0, 0.1) is 11.8 Å². The number of para-hydroxylation sites is 1. The van der Waals surface area contributed by atoms with Gasteiger partial charge in [-0.05, 0) is 26.0 Å². The van der Waals surface area contributed by atoms with Crippen molar-refractivity contribution in [2.45, 2.75) is 20.0 Å². The van der Waals surface area contributed by atoms with Gasteiger partial charge in [-0.15, -0.1) is 0 Å². The number of benzene rings is 1. The van der Waals surface area contributed by atoms with Gasteiger partial charge in [-0.2, -0.15) is 12.6 Å².